The van der Waals surface area contributed by atoms with Crippen LogP contribution in [0.25, 0.3) is 0 Å². The molecule has 0 saturated heterocycles. The van der Waals surface area contributed by atoms with E-state index in [2.05, 4.69) is 30.6 Å². The molecule has 0 aromatic carbocycles. The average molecular weight is 215 g/mol. The topological polar surface area (TPSA) is 12.0 Å². The molecule has 0 saturated carbocycles. The first-order chi connectivity index (χ1) is 6.33. The largest absolute Gasteiger partial charge is 0.312 e. The summed E-state index contributed by atoms with van der Waals surface area (Å²) in [5.74, 6) is 1.26. The predicted octanol–water partition coefficient (Wildman–Crippen LogP) is 2.90. The first-order valence-electron chi connectivity index (χ1n) is 4.58. The zero-order valence-electron chi connectivity index (χ0n) is 8.30. The molecule has 0 radical (unpaired) electrons. The van der Waals surface area contributed by atoms with Gasteiger partial charge < -0.3 is 5.32 Å². The van der Waals surface area contributed by atoms with Crippen molar-refractivity contribution >= 4 is 23.1 Å². The molecular formula is C10H17NS2. The fraction of sp³-hybridized carbons (Fsp3) is 0.600. The van der Waals surface area contributed by atoms with Crippen molar-refractivity contribution < 1.29 is 0 Å². The second-order valence-electron chi connectivity index (χ2n) is 3.04. The fourth-order valence-electron chi connectivity index (χ4n) is 1.13. The molecule has 0 atom stereocenters. The van der Waals surface area contributed by atoms with Gasteiger partial charge in [-0.1, -0.05) is 0 Å². The van der Waals surface area contributed by atoms with Crippen molar-refractivity contribution in [3.63, 3.8) is 0 Å². The molecule has 0 aliphatic rings. The molecular weight excluding hydrogens is 198 g/mol. The Labute approximate surface area is 88.9 Å². The van der Waals surface area contributed by atoms with Crippen LogP contribution in [0.1, 0.15) is 16.2 Å². The van der Waals surface area contributed by atoms with Crippen LogP contribution in [-0.2, 0) is 6.54 Å². The van der Waals surface area contributed by atoms with Crippen LogP contribution in [0.4, 0.5) is 0 Å². The van der Waals surface area contributed by atoms with E-state index in [0.717, 1.165) is 13.1 Å². The van der Waals surface area contributed by atoms with Gasteiger partial charge >= 0.3 is 0 Å². The van der Waals surface area contributed by atoms with E-state index in [4.69, 9.17) is 0 Å². The van der Waals surface area contributed by atoms with E-state index >= 15 is 0 Å². The molecule has 1 heterocycles. The van der Waals surface area contributed by atoms with E-state index in [1.807, 2.05) is 23.1 Å². The standard InChI is InChI=1S/C10H17NS2/c1-9-4-5-10(13-9)8-11-6-3-7-12-2/h4-5,11H,3,6-8H2,1-2H3. The van der Waals surface area contributed by atoms with Crippen LogP contribution in [0.3, 0.4) is 0 Å². The summed E-state index contributed by atoms with van der Waals surface area (Å²) in [4.78, 5) is 2.85. The first-order valence-corrected chi connectivity index (χ1v) is 6.79. The van der Waals surface area contributed by atoms with E-state index in [1.165, 1.54) is 21.9 Å². The molecule has 3 heteroatoms. The third kappa shape index (κ3) is 4.69. The van der Waals surface area contributed by atoms with Crippen LogP contribution < -0.4 is 5.32 Å². The summed E-state index contributed by atoms with van der Waals surface area (Å²) in [5, 5.41) is 3.45. The van der Waals surface area contributed by atoms with E-state index in [0.29, 0.717) is 0 Å². The lowest BCUT2D eigenvalue weighted by atomic mass is 10.4. The van der Waals surface area contributed by atoms with Gasteiger partial charge in [0, 0.05) is 16.3 Å². The molecule has 1 N–H and O–H groups in total. The third-order valence-corrected chi connectivity index (χ3v) is 3.49. The van der Waals surface area contributed by atoms with Gasteiger partial charge in [0.25, 0.3) is 0 Å². The maximum Gasteiger partial charge on any atom is 0.0299 e. The summed E-state index contributed by atoms with van der Waals surface area (Å²) in [6, 6.07) is 4.39. The van der Waals surface area contributed by atoms with Crippen molar-refractivity contribution in [3.8, 4) is 0 Å². The van der Waals surface area contributed by atoms with E-state index in [1.54, 1.807) is 0 Å². The van der Waals surface area contributed by atoms with Crippen molar-refractivity contribution in [2.75, 3.05) is 18.6 Å². The smallest absolute Gasteiger partial charge is 0.0299 e. The summed E-state index contributed by atoms with van der Waals surface area (Å²) in [6.45, 7) is 4.33. The quantitative estimate of drug-likeness (QED) is 0.732. The van der Waals surface area contributed by atoms with Gasteiger partial charge in [0.1, 0.15) is 0 Å². The third-order valence-electron chi connectivity index (χ3n) is 1.80. The number of thioether (sulfide) groups is 1. The van der Waals surface area contributed by atoms with Crippen molar-refractivity contribution in [1.82, 2.24) is 5.32 Å². The van der Waals surface area contributed by atoms with Gasteiger partial charge in [-0.15, -0.1) is 11.3 Å². The zero-order valence-corrected chi connectivity index (χ0v) is 9.93. The fourth-order valence-corrected chi connectivity index (χ4v) is 2.43. The van der Waals surface area contributed by atoms with Crippen LogP contribution in [0, 0.1) is 6.92 Å². The highest BCUT2D eigenvalue weighted by Crippen LogP contribution is 2.14. The van der Waals surface area contributed by atoms with Crippen LogP contribution in [0.2, 0.25) is 0 Å². The lowest BCUT2D eigenvalue weighted by Gasteiger charge is -2.01. The van der Waals surface area contributed by atoms with Crippen LogP contribution in [0.5, 0.6) is 0 Å². The summed E-state index contributed by atoms with van der Waals surface area (Å²) in [6.07, 6.45) is 3.42. The van der Waals surface area contributed by atoms with Crippen molar-refractivity contribution in [1.29, 1.82) is 0 Å². The van der Waals surface area contributed by atoms with Gasteiger partial charge in [-0.3, -0.25) is 0 Å². The van der Waals surface area contributed by atoms with Crippen molar-refractivity contribution in [3.05, 3.63) is 21.9 Å². The minimum Gasteiger partial charge on any atom is -0.312 e. The average Bonchev–Trinajstić information content (AvgIpc) is 2.51. The van der Waals surface area contributed by atoms with Crippen molar-refractivity contribution in [2.24, 2.45) is 0 Å². The maximum absolute atomic E-state index is 3.45. The summed E-state index contributed by atoms with van der Waals surface area (Å²) in [7, 11) is 0. The van der Waals surface area contributed by atoms with Crippen LogP contribution in [-0.4, -0.2) is 18.6 Å². The lowest BCUT2D eigenvalue weighted by Crippen LogP contribution is -2.14. The summed E-state index contributed by atoms with van der Waals surface area (Å²) < 4.78 is 0. The molecule has 0 unspecified atom stereocenters. The highest BCUT2D eigenvalue weighted by Gasteiger charge is 1.95. The van der Waals surface area contributed by atoms with Gasteiger partial charge in [-0.05, 0) is 44.0 Å². The number of thiophene rings is 1. The molecule has 0 amide bonds. The molecule has 1 aromatic rings. The van der Waals surface area contributed by atoms with Gasteiger partial charge in [0.2, 0.25) is 0 Å². The molecule has 74 valence electrons. The number of aryl methyl sites for hydroxylation is 1. The molecule has 0 bridgehead atoms. The summed E-state index contributed by atoms with van der Waals surface area (Å²) in [5.41, 5.74) is 0. The van der Waals surface area contributed by atoms with Gasteiger partial charge in [0.15, 0.2) is 0 Å². The van der Waals surface area contributed by atoms with Crippen LogP contribution in [0.15, 0.2) is 12.1 Å². The van der Waals surface area contributed by atoms with Crippen molar-refractivity contribution in [2.45, 2.75) is 19.9 Å². The Morgan fingerprint density at radius 3 is 2.92 bits per heavy atom. The minimum atomic E-state index is 1.03. The Morgan fingerprint density at radius 2 is 2.31 bits per heavy atom. The van der Waals surface area contributed by atoms with E-state index < -0.39 is 0 Å². The number of rotatable bonds is 6. The Balaban J connectivity index is 2.06. The maximum atomic E-state index is 3.45. The zero-order chi connectivity index (χ0) is 9.52. The Bertz CT molecular complexity index is 233. The monoisotopic (exact) mass is 215 g/mol. The van der Waals surface area contributed by atoms with Gasteiger partial charge in [-0.25, -0.2) is 0 Å². The second-order valence-corrected chi connectivity index (χ2v) is 5.39. The molecule has 1 aromatic heterocycles. The molecule has 0 aliphatic heterocycles. The van der Waals surface area contributed by atoms with E-state index in [-0.39, 0.29) is 0 Å². The molecule has 0 spiro atoms. The number of hydrogen-bond acceptors (Lipinski definition) is 3. The van der Waals surface area contributed by atoms with Gasteiger partial charge in [-0.2, -0.15) is 11.8 Å². The second kappa shape index (κ2) is 6.46. The molecule has 0 fully saturated rings. The first kappa shape index (κ1) is 11.1. The Kier molecular flexibility index (Phi) is 5.51. The molecule has 0 aliphatic carbocycles. The Morgan fingerprint density at radius 1 is 1.46 bits per heavy atom. The Hall–Kier alpha value is 0.01000. The lowest BCUT2D eigenvalue weighted by molar-refractivity contribution is 0.685. The normalized spacial score (nSPS) is 10.6. The van der Waals surface area contributed by atoms with Crippen LogP contribution >= 0.6 is 23.1 Å². The highest BCUT2D eigenvalue weighted by atomic mass is 32.2. The predicted molar refractivity (Wildman–Crippen MR) is 63.8 cm³/mol. The highest BCUT2D eigenvalue weighted by molar-refractivity contribution is 7.98. The number of nitrogens with one attached hydrogen (secondary N) is 1. The molecule has 1 nitrogen and oxygen atoms in total. The van der Waals surface area contributed by atoms with E-state index in [9.17, 15) is 0 Å². The molecule has 13 heavy (non-hydrogen) atoms. The summed E-state index contributed by atoms with van der Waals surface area (Å²) >= 11 is 3.80. The molecule has 1 rings (SSSR count). The SMILES string of the molecule is CSCCCNCc1ccc(C)s1. The minimum absolute atomic E-state index is 1.03. The number of hydrogen-bond donors (Lipinski definition) is 1. The van der Waals surface area contributed by atoms with Gasteiger partial charge in [0.05, 0.1) is 0 Å².